The summed E-state index contributed by atoms with van der Waals surface area (Å²) in [6.45, 7) is 2.16. The van der Waals surface area contributed by atoms with Gasteiger partial charge < -0.3 is 10.6 Å². The molecular weight excluding hydrogens is 356 g/mol. The van der Waals surface area contributed by atoms with Gasteiger partial charge in [-0.25, -0.2) is 0 Å². The molecule has 0 saturated heterocycles. The van der Waals surface area contributed by atoms with E-state index in [-0.39, 0.29) is 10.8 Å². The molecule has 2 aromatic heterocycles. The maximum atomic E-state index is 11.2. The fourth-order valence-corrected chi connectivity index (χ4v) is 2.68. The molecule has 3 rings (SSSR count). The zero-order valence-electron chi connectivity index (χ0n) is 13.8. The fourth-order valence-electron chi connectivity index (χ4n) is 2.15. The molecule has 3 aromatic rings. The van der Waals surface area contributed by atoms with Crippen LogP contribution < -0.4 is 10.6 Å². The Labute approximate surface area is 150 Å². The van der Waals surface area contributed by atoms with E-state index in [4.69, 9.17) is 4.55 Å². The van der Waals surface area contributed by atoms with Gasteiger partial charge in [0.25, 0.3) is 10.1 Å². The lowest BCUT2D eigenvalue weighted by molar-refractivity contribution is 0.483. The third kappa shape index (κ3) is 4.71. The highest BCUT2D eigenvalue weighted by molar-refractivity contribution is 7.85. The Balaban J connectivity index is 1.77. The van der Waals surface area contributed by atoms with Gasteiger partial charge in [0, 0.05) is 11.9 Å². The average Bonchev–Trinajstić information content (AvgIpc) is 2.60. The Morgan fingerprint density at radius 3 is 2.58 bits per heavy atom. The number of nitrogens with one attached hydrogen (secondary N) is 2. The van der Waals surface area contributed by atoms with Crippen LogP contribution in [0, 0.1) is 6.92 Å². The minimum Gasteiger partial charge on any atom is -0.348 e. The van der Waals surface area contributed by atoms with Crippen LogP contribution in [-0.4, -0.2) is 32.9 Å². The number of hydrogen-bond donors (Lipinski definition) is 3. The molecule has 1 aromatic carbocycles. The van der Waals surface area contributed by atoms with Gasteiger partial charge in [-0.05, 0) is 37.3 Å². The maximum Gasteiger partial charge on any atom is 0.294 e. The van der Waals surface area contributed by atoms with Crippen LogP contribution in [0.2, 0.25) is 0 Å². The molecular formula is C16H16N6O3S. The second-order valence-electron chi connectivity index (χ2n) is 5.33. The Morgan fingerprint density at radius 1 is 1.04 bits per heavy atom. The number of anilines is 3. The first-order valence-corrected chi connectivity index (χ1v) is 9.05. The van der Waals surface area contributed by atoms with Crippen molar-refractivity contribution in [2.75, 3.05) is 10.6 Å². The van der Waals surface area contributed by atoms with Gasteiger partial charge in [0.05, 0.1) is 17.1 Å². The van der Waals surface area contributed by atoms with E-state index >= 15 is 0 Å². The number of rotatable bonds is 6. The van der Waals surface area contributed by atoms with Crippen LogP contribution in [0.15, 0.2) is 53.6 Å². The fraction of sp³-hybridized carbons (Fsp3) is 0.125. The first-order chi connectivity index (χ1) is 12.4. The number of aryl methyl sites for hydroxylation is 1. The Bertz CT molecular complexity index is 1010. The maximum absolute atomic E-state index is 11.2. The van der Waals surface area contributed by atoms with Crippen LogP contribution in [0.25, 0.3) is 0 Å². The summed E-state index contributed by atoms with van der Waals surface area (Å²) >= 11 is 0. The number of pyridine rings is 1. The molecule has 0 radical (unpaired) electrons. The lowest BCUT2D eigenvalue weighted by Gasteiger charge is -2.09. The first-order valence-electron chi connectivity index (χ1n) is 7.61. The molecule has 0 aliphatic carbocycles. The molecule has 0 fully saturated rings. The van der Waals surface area contributed by atoms with Crippen molar-refractivity contribution in [2.24, 2.45) is 0 Å². The van der Waals surface area contributed by atoms with Gasteiger partial charge in [0.15, 0.2) is 0 Å². The second kappa shape index (κ2) is 7.42. The van der Waals surface area contributed by atoms with Crippen molar-refractivity contribution < 1.29 is 13.0 Å². The summed E-state index contributed by atoms with van der Waals surface area (Å²) in [5, 5.41) is 5.97. The van der Waals surface area contributed by atoms with E-state index in [1.807, 2.05) is 18.2 Å². The highest BCUT2D eigenvalue weighted by atomic mass is 32.2. The lowest BCUT2D eigenvalue weighted by Crippen LogP contribution is -2.09. The van der Waals surface area contributed by atoms with Crippen molar-refractivity contribution in [2.45, 2.75) is 18.4 Å². The molecule has 0 amide bonds. The molecule has 2 heterocycles. The van der Waals surface area contributed by atoms with Crippen LogP contribution in [0.5, 0.6) is 0 Å². The van der Waals surface area contributed by atoms with Crippen LogP contribution in [0.4, 0.5) is 17.6 Å². The third-order valence-electron chi connectivity index (χ3n) is 3.29. The molecule has 0 spiro atoms. The normalized spacial score (nSPS) is 11.2. The standard InChI is InChI=1S/C16H16N6O3S/c1-11-19-15(18-10-13-5-2-3-8-17-13)22-16(20-11)21-12-6-4-7-14(9-12)26(23,24)25/h2-9H,10H2,1H3,(H,23,24,25)(H2,18,19,20,21,22). The van der Waals surface area contributed by atoms with E-state index in [1.165, 1.54) is 18.2 Å². The third-order valence-corrected chi connectivity index (χ3v) is 4.14. The molecule has 3 N–H and O–H groups in total. The van der Waals surface area contributed by atoms with Gasteiger partial charge in [-0.3, -0.25) is 9.54 Å². The summed E-state index contributed by atoms with van der Waals surface area (Å²) in [4.78, 5) is 16.6. The Kier molecular flexibility index (Phi) is 5.05. The summed E-state index contributed by atoms with van der Waals surface area (Å²) in [5.74, 6) is 1.09. The predicted molar refractivity (Wildman–Crippen MR) is 95.7 cm³/mol. The van der Waals surface area contributed by atoms with Crippen molar-refractivity contribution in [3.8, 4) is 0 Å². The van der Waals surface area contributed by atoms with E-state index in [9.17, 15) is 8.42 Å². The largest absolute Gasteiger partial charge is 0.348 e. The topological polar surface area (TPSA) is 130 Å². The quantitative estimate of drug-likeness (QED) is 0.557. The van der Waals surface area contributed by atoms with Crippen LogP contribution in [0.1, 0.15) is 11.5 Å². The Morgan fingerprint density at radius 2 is 1.85 bits per heavy atom. The number of nitrogens with zero attached hydrogens (tertiary/aromatic N) is 4. The van der Waals surface area contributed by atoms with Gasteiger partial charge in [-0.15, -0.1) is 0 Å². The molecule has 9 nitrogen and oxygen atoms in total. The predicted octanol–water partition coefficient (Wildman–Crippen LogP) is 2.18. The molecule has 0 bridgehead atoms. The highest BCUT2D eigenvalue weighted by Gasteiger charge is 2.11. The minimum absolute atomic E-state index is 0.221. The first kappa shape index (κ1) is 17.7. The van der Waals surface area contributed by atoms with Crippen LogP contribution in [0.3, 0.4) is 0 Å². The summed E-state index contributed by atoms with van der Waals surface area (Å²) in [7, 11) is -4.29. The van der Waals surface area contributed by atoms with Crippen LogP contribution in [-0.2, 0) is 16.7 Å². The van der Waals surface area contributed by atoms with Crippen LogP contribution >= 0.6 is 0 Å². The van der Waals surface area contributed by atoms with Gasteiger partial charge in [0.1, 0.15) is 5.82 Å². The summed E-state index contributed by atoms with van der Waals surface area (Å²) in [6.07, 6.45) is 1.70. The molecule has 134 valence electrons. The molecule has 10 heteroatoms. The molecule has 26 heavy (non-hydrogen) atoms. The van der Waals surface area contributed by atoms with Gasteiger partial charge >= 0.3 is 0 Å². The molecule has 0 unspecified atom stereocenters. The van der Waals surface area contributed by atoms with Gasteiger partial charge in [0.2, 0.25) is 11.9 Å². The summed E-state index contributed by atoms with van der Waals surface area (Å²) in [5.41, 5.74) is 1.25. The van der Waals surface area contributed by atoms with Crippen molar-refractivity contribution in [3.05, 3.63) is 60.2 Å². The van der Waals surface area contributed by atoms with Crippen molar-refractivity contribution >= 4 is 27.7 Å². The average molecular weight is 372 g/mol. The number of hydrogen-bond acceptors (Lipinski definition) is 8. The highest BCUT2D eigenvalue weighted by Crippen LogP contribution is 2.18. The molecule has 0 saturated carbocycles. The molecule has 0 aliphatic rings. The SMILES string of the molecule is Cc1nc(NCc2ccccn2)nc(Nc2cccc(S(=O)(=O)O)c2)n1. The van der Waals surface area contributed by atoms with E-state index in [2.05, 4.69) is 30.6 Å². The van der Waals surface area contributed by atoms with Crippen molar-refractivity contribution in [1.29, 1.82) is 0 Å². The smallest absolute Gasteiger partial charge is 0.294 e. The van der Waals surface area contributed by atoms with Gasteiger partial charge in [-0.1, -0.05) is 12.1 Å². The van der Waals surface area contributed by atoms with Crippen molar-refractivity contribution in [3.63, 3.8) is 0 Å². The number of aromatic nitrogens is 4. The van der Waals surface area contributed by atoms with Crippen molar-refractivity contribution in [1.82, 2.24) is 19.9 Å². The zero-order chi connectivity index (χ0) is 18.6. The molecule has 0 atom stereocenters. The summed E-state index contributed by atoms with van der Waals surface area (Å²) in [6, 6.07) is 11.3. The van der Waals surface area contributed by atoms with E-state index in [1.54, 1.807) is 19.2 Å². The Hall–Kier alpha value is -3.11. The van der Waals surface area contributed by atoms with E-state index < -0.39 is 10.1 Å². The van der Waals surface area contributed by atoms with E-state index in [0.717, 1.165) is 5.69 Å². The summed E-state index contributed by atoms with van der Waals surface area (Å²) < 4.78 is 31.6. The van der Waals surface area contributed by atoms with Gasteiger partial charge in [-0.2, -0.15) is 23.4 Å². The number of benzene rings is 1. The zero-order valence-corrected chi connectivity index (χ0v) is 14.6. The second-order valence-corrected chi connectivity index (χ2v) is 6.75. The lowest BCUT2D eigenvalue weighted by atomic mass is 10.3. The monoisotopic (exact) mass is 372 g/mol. The molecule has 0 aliphatic heterocycles. The minimum atomic E-state index is -4.29. The van der Waals surface area contributed by atoms with E-state index in [0.29, 0.717) is 24.0 Å².